The Labute approximate surface area is 182 Å². The molecule has 142 valence electrons. The van der Waals surface area contributed by atoms with E-state index in [4.69, 9.17) is 6.58 Å². The fourth-order valence-corrected chi connectivity index (χ4v) is 13.0. The van der Waals surface area contributed by atoms with Crippen LogP contribution in [0.4, 0.5) is 0 Å². The molecule has 29 heavy (non-hydrogen) atoms. The van der Waals surface area contributed by atoms with Crippen molar-refractivity contribution in [2.24, 2.45) is 0 Å². The fraction of sp³-hybridized carbons (Fsp3) is 0. The molecule has 0 unspecified atom stereocenters. The van der Waals surface area contributed by atoms with Crippen molar-refractivity contribution in [2.75, 3.05) is 0 Å². The summed E-state index contributed by atoms with van der Waals surface area (Å²) in [6, 6.07) is 43.3. The minimum absolute atomic E-state index is 0.724. The van der Waals surface area contributed by atoms with Gasteiger partial charge in [-0.25, -0.2) is 0 Å². The zero-order valence-corrected chi connectivity index (χ0v) is 19.6. The second kappa shape index (κ2) is 9.21. The van der Waals surface area contributed by atoms with Crippen LogP contribution in [0.5, 0.6) is 0 Å². The van der Waals surface area contributed by atoms with Gasteiger partial charge in [-0.15, -0.1) is 0 Å². The zero-order valence-electron chi connectivity index (χ0n) is 16.1. The molecule has 0 aromatic heterocycles. The average molecular weight is 475 g/mol. The molecule has 0 radical (unpaired) electrons. The third-order valence-electron chi connectivity index (χ3n) is 4.89. The van der Waals surface area contributed by atoms with Crippen molar-refractivity contribution >= 4 is 49.7 Å². The van der Waals surface area contributed by atoms with Crippen molar-refractivity contribution in [3.8, 4) is 0 Å². The van der Waals surface area contributed by atoms with Crippen LogP contribution in [0.3, 0.4) is 0 Å². The average Bonchev–Trinajstić information content (AvgIpc) is 2.81. The molecular formula is C26H22P2Se. The normalized spacial score (nSPS) is 11.3. The van der Waals surface area contributed by atoms with Crippen LogP contribution in [-0.4, -0.2) is 15.1 Å². The molecule has 4 aromatic rings. The van der Waals surface area contributed by atoms with E-state index in [0.29, 0.717) is 0 Å². The summed E-state index contributed by atoms with van der Waals surface area (Å²) in [4.78, 5) is 0. The molecule has 0 saturated carbocycles. The number of benzene rings is 4. The van der Waals surface area contributed by atoms with E-state index in [2.05, 4.69) is 136 Å². The summed E-state index contributed by atoms with van der Waals surface area (Å²) in [5.41, 5.74) is -1.94. The van der Waals surface area contributed by atoms with Crippen molar-refractivity contribution in [1.82, 2.24) is 0 Å². The van der Waals surface area contributed by atoms with Gasteiger partial charge in [-0.2, -0.15) is 0 Å². The van der Waals surface area contributed by atoms with E-state index < -0.39 is 13.4 Å². The van der Waals surface area contributed by atoms with Gasteiger partial charge in [-0.1, -0.05) is 0 Å². The van der Waals surface area contributed by atoms with Crippen LogP contribution >= 0.6 is 13.4 Å². The first kappa shape index (κ1) is 20.3. The molecule has 0 amide bonds. The first-order chi connectivity index (χ1) is 14.2. The van der Waals surface area contributed by atoms with E-state index >= 15 is 0 Å². The van der Waals surface area contributed by atoms with Gasteiger partial charge < -0.3 is 0 Å². The fourth-order valence-electron chi connectivity index (χ4n) is 3.47. The van der Waals surface area contributed by atoms with E-state index in [-0.39, 0.29) is 0 Å². The first-order valence-corrected chi connectivity index (χ1v) is 14.9. The van der Waals surface area contributed by atoms with Gasteiger partial charge in [0.15, 0.2) is 0 Å². The molecule has 0 aliphatic rings. The molecule has 0 heterocycles. The molecule has 0 nitrogen and oxygen atoms in total. The molecule has 0 bridgehead atoms. The Kier molecular flexibility index (Phi) is 6.44. The zero-order chi connectivity index (χ0) is 20.1. The van der Waals surface area contributed by atoms with Gasteiger partial charge in [0.25, 0.3) is 0 Å². The van der Waals surface area contributed by atoms with Gasteiger partial charge in [0.1, 0.15) is 0 Å². The second-order valence-corrected chi connectivity index (χ2v) is 15.5. The number of hydrogen-bond acceptors (Lipinski definition) is 0. The van der Waals surface area contributed by atoms with Crippen molar-refractivity contribution in [3.63, 3.8) is 0 Å². The van der Waals surface area contributed by atoms with Gasteiger partial charge in [-0.05, 0) is 0 Å². The second-order valence-electron chi connectivity index (χ2n) is 6.70. The van der Waals surface area contributed by atoms with Crippen molar-refractivity contribution in [2.45, 2.75) is 0 Å². The van der Waals surface area contributed by atoms with Crippen molar-refractivity contribution < 1.29 is 0 Å². The van der Waals surface area contributed by atoms with Crippen LogP contribution in [0, 0.1) is 0 Å². The van der Waals surface area contributed by atoms with E-state index in [0.717, 1.165) is 0 Å². The van der Waals surface area contributed by atoms with Crippen LogP contribution in [-0.2, 0) is 0 Å². The monoisotopic (exact) mass is 476 g/mol. The van der Waals surface area contributed by atoms with Crippen LogP contribution in [0.1, 0.15) is 0 Å². The van der Waals surface area contributed by atoms with Gasteiger partial charge in [0.2, 0.25) is 0 Å². The molecule has 3 heteroatoms. The van der Waals surface area contributed by atoms with Gasteiger partial charge in [0.05, 0.1) is 0 Å². The van der Waals surface area contributed by atoms with Crippen LogP contribution in [0.2, 0.25) is 0 Å². The quantitative estimate of drug-likeness (QED) is 0.261. The summed E-state index contributed by atoms with van der Waals surface area (Å²) < 4.78 is 0. The Morgan fingerprint density at radius 3 is 1.21 bits per heavy atom. The molecule has 0 aliphatic carbocycles. The molecule has 0 N–H and O–H groups in total. The van der Waals surface area contributed by atoms with E-state index in [9.17, 15) is 0 Å². The predicted molar refractivity (Wildman–Crippen MR) is 133 cm³/mol. The topological polar surface area (TPSA) is 0 Å². The number of rotatable bonds is 6. The van der Waals surface area contributed by atoms with E-state index in [1.54, 1.807) is 0 Å². The molecule has 4 aromatic carbocycles. The number of hydrogen-bond donors (Lipinski definition) is 0. The molecule has 4 rings (SSSR count). The van der Waals surface area contributed by atoms with E-state index in [1.807, 2.05) is 0 Å². The summed E-state index contributed by atoms with van der Waals surface area (Å²) in [6.07, 6.45) is 0. The Morgan fingerprint density at radius 2 is 0.862 bits per heavy atom. The van der Waals surface area contributed by atoms with E-state index in [1.165, 1.54) is 26.3 Å². The third kappa shape index (κ3) is 4.16. The maximum atomic E-state index is 4.78. The Hall–Kier alpha value is -2.00. The summed E-state index contributed by atoms with van der Waals surface area (Å²) in [5, 5.41) is 6.63. The Bertz CT molecular complexity index is 1040. The molecular weight excluding hydrogens is 453 g/mol. The molecule has 0 atom stereocenters. The van der Waals surface area contributed by atoms with Gasteiger partial charge in [0, 0.05) is 0 Å². The van der Waals surface area contributed by atoms with Crippen molar-refractivity contribution in [3.05, 3.63) is 133 Å². The third-order valence-corrected chi connectivity index (χ3v) is 16.3. The van der Waals surface area contributed by atoms with Crippen LogP contribution < -0.4 is 21.2 Å². The molecule has 0 aliphatic heterocycles. The standard InChI is InChI=1S/C26H22P2Se/c1-22(27(23-14-6-2-7-15-23)24-16-8-3-9-17-24)28(29,25-18-10-4-11-19-25)26-20-12-5-13-21-26/h2-21H,1H2. The SMILES string of the molecule is C=C(P(c1ccccc1)c1ccccc1)P(=[Se])(c1ccccc1)c1ccccc1. The van der Waals surface area contributed by atoms with Crippen LogP contribution in [0.15, 0.2) is 133 Å². The minimum atomic E-state index is -1.94. The molecule has 0 fully saturated rings. The molecule has 0 saturated heterocycles. The summed E-state index contributed by atoms with van der Waals surface area (Å²) in [7, 11) is -0.724. The van der Waals surface area contributed by atoms with Crippen molar-refractivity contribution in [1.29, 1.82) is 0 Å². The Morgan fingerprint density at radius 1 is 0.552 bits per heavy atom. The maximum absolute atomic E-state index is 4.78. The Balaban J connectivity index is 1.94. The summed E-state index contributed by atoms with van der Waals surface area (Å²) >= 11 is 3.67. The summed E-state index contributed by atoms with van der Waals surface area (Å²) in [5.74, 6) is 0. The predicted octanol–water partition coefficient (Wildman–Crippen LogP) is 5.34. The molecule has 0 spiro atoms. The van der Waals surface area contributed by atoms with Gasteiger partial charge >= 0.3 is 183 Å². The van der Waals surface area contributed by atoms with Gasteiger partial charge in [-0.3, -0.25) is 0 Å². The summed E-state index contributed by atoms with van der Waals surface area (Å²) in [6.45, 7) is 4.78. The first-order valence-electron chi connectivity index (χ1n) is 9.52. The van der Waals surface area contributed by atoms with Crippen LogP contribution in [0.25, 0.3) is 0 Å².